The first-order valence-electron chi connectivity index (χ1n) is 8.20. The Bertz CT molecular complexity index is 972. The van der Waals surface area contributed by atoms with Crippen molar-refractivity contribution in [2.75, 3.05) is 5.32 Å². The van der Waals surface area contributed by atoms with Gasteiger partial charge in [0.2, 0.25) is 11.0 Å². The minimum atomic E-state index is -0.797. The number of nitrogens with one attached hydrogen (secondary N) is 2. The molecule has 0 spiro atoms. The monoisotopic (exact) mass is 384 g/mol. The SMILES string of the molecule is Cc1cccc(-c2nnc(NC(=O)[C@@H](C)NC(=O)c3ccc(F)cc3)s2)c1. The summed E-state index contributed by atoms with van der Waals surface area (Å²) >= 11 is 1.25. The van der Waals surface area contributed by atoms with Crippen LogP contribution in [0.1, 0.15) is 22.8 Å². The Morgan fingerprint density at radius 1 is 1.11 bits per heavy atom. The van der Waals surface area contributed by atoms with E-state index in [0.717, 1.165) is 11.1 Å². The molecular formula is C19H17FN4O2S. The van der Waals surface area contributed by atoms with Crippen LogP contribution in [0.25, 0.3) is 10.6 Å². The molecule has 0 aliphatic rings. The molecule has 0 unspecified atom stereocenters. The van der Waals surface area contributed by atoms with Gasteiger partial charge in [-0.3, -0.25) is 14.9 Å². The van der Waals surface area contributed by atoms with Crippen molar-refractivity contribution >= 4 is 28.3 Å². The second-order valence-corrected chi connectivity index (χ2v) is 6.95. The van der Waals surface area contributed by atoms with Crippen LogP contribution in [0, 0.1) is 12.7 Å². The Morgan fingerprint density at radius 2 is 1.85 bits per heavy atom. The molecule has 0 bridgehead atoms. The highest BCUT2D eigenvalue weighted by Crippen LogP contribution is 2.26. The lowest BCUT2D eigenvalue weighted by Crippen LogP contribution is -2.41. The first-order chi connectivity index (χ1) is 12.9. The number of aryl methyl sites for hydroxylation is 1. The van der Waals surface area contributed by atoms with Crippen LogP contribution in [0.4, 0.5) is 9.52 Å². The molecule has 0 saturated heterocycles. The van der Waals surface area contributed by atoms with Crippen molar-refractivity contribution in [2.24, 2.45) is 0 Å². The first kappa shape index (κ1) is 18.7. The second-order valence-electron chi connectivity index (χ2n) is 5.97. The number of amides is 2. The van der Waals surface area contributed by atoms with E-state index in [-0.39, 0.29) is 5.56 Å². The van der Waals surface area contributed by atoms with Gasteiger partial charge >= 0.3 is 0 Å². The molecule has 1 atom stereocenters. The molecule has 1 aromatic heterocycles. The number of aromatic nitrogens is 2. The van der Waals surface area contributed by atoms with Crippen molar-refractivity contribution in [3.63, 3.8) is 0 Å². The predicted molar refractivity (Wildman–Crippen MR) is 102 cm³/mol. The fourth-order valence-electron chi connectivity index (χ4n) is 2.33. The number of hydrogen-bond acceptors (Lipinski definition) is 5. The van der Waals surface area contributed by atoms with Crippen LogP contribution in [-0.4, -0.2) is 28.1 Å². The largest absolute Gasteiger partial charge is 0.341 e. The van der Waals surface area contributed by atoms with Gasteiger partial charge in [0.05, 0.1) is 0 Å². The quantitative estimate of drug-likeness (QED) is 0.706. The zero-order valence-electron chi connectivity index (χ0n) is 14.7. The summed E-state index contributed by atoms with van der Waals surface area (Å²) in [6.07, 6.45) is 0. The van der Waals surface area contributed by atoms with Gasteiger partial charge in [0, 0.05) is 11.1 Å². The molecule has 0 aliphatic carbocycles. The summed E-state index contributed by atoms with van der Waals surface area (Å²) in [6, 6.07) is 12.1. The molecule has 6 nitrogen and oxygen atoms in total. The molecule has 0 saturated carbocycles. The highest BCUT2D eigenvalue weighted by atomic mass is 32.1. The lowest BCUT2D eigenvalue weighted by molar-refractivity contribution is -0.117. The van der Waals surface area contributed by atoms with E-state index in [1.165, 1.54) is 35.6 Å². The molecule has 1 heterocycles. The van der Waals surface area contributed by atoms with Gasteiger partial charge in [-0.05, 0) is 44.2 Å². The second kappa shape index (κ2) is 8.05. The van der Waals surface area contributed by atoms with Crippen molar-refractivity contribution in [3.05, 3.63) is 65.5 Å². The number of hydrogen-bond donors (Lipinski definition) is 2. The van der Waals surface area contributed by atoms with E-state index in [1.807, 2.05) is 31.2 Å². The molecule has 3 aromatic rings. The fraction of sp³-hybridized carbons (Fsp3) is 0.158. The van der Waals surface area contributed by atoms with Gasteiger partial charge in [-0.25, -0.2) is 4.39 Å². The van der Waals surface area contributed by atoms with Crippen LogP contribution in [0.3, 0.4) is 0 Å². The van der Waals surface area contributed by atoms with E-state index >= 15 is 0 Å². The van der Waals surface area contributed by atoms with Crippen molar-refractivity contribution in [1.29, 1.82) is 0 Å². The van der Waals surface area contributed by atoms with Crippen LogP contribution < -0.4 is 10.6 Å². The van der Waals surface area contributed by atoms with Gasteiger partial charge in [0.15, 0.2) is 0 Å². The molecule has 27 heavy (non-hydrogen) atoms. The Labute approximate surface area is 159 Å². The molecule has 0 radical (unpaired) electrons. The molecule has 8 heteroatoms. The summed E-state index contributed by atoms with van der Waals surface area (Å²) in [5, 5.41) is 14.3. The third-order valence-electron chi connectivity index (χ3n) is 3.77. The Hall–Kier alpha value is -3.13. The summed E-state index contributed by atoms with van der Waals surface area (Å²) in [7, 11) is 0. The summed E-state index contributed by atoms with van der Waals surface area (Å²) in [6.45, 7) is 3.54. The van der Waals surface area contributed by atoms with E-state index in [4.69, 9.17) is 0 Å². The summed E-state index contributed by atoms with van der Waals surface area (Å²) in [5.41, 5.74) is 2.30. The standard InChI is InChI=1S/C19H17FN4O2S/c1-11-4-3-5-14(10-11)18-23-24-19(27-18)22-16(25)12(2)21-17(26)13-6-8-15(20)9-7-13/h3-10,12H,1-2H3,(H,21,26)(H,22,24,25)/t12-/m1/s1. The smallest absolute Gasteiger partial charge is 0.251 e. The number of carbonyl (C=O) groups excluding carboxylic acids is 2. The van der Waals surface area contributed by atoms with Crippen molar-refractivity contribution in [1.82, 2.24) is 15.5 Å². The molecule has 3 rings (SSSR count). The van der Waals surface area contributed by atoms with Gasteiger partial charge in [0.1, 0.15) is 16.9 Å². The van der Waals surface area contributed by atoms with Gasteiger partial charge in [0.25, 0.3) is 5.91 Å². The highest BCUT2D eigenvalue weighted by Gasteiger charge is 2.18. The van der Waals surface area contributed by atoms with E-state index in [2.05, 4.69) is 20.8 Å². The van der Waals surface area contributed by atoms with Gasteiger partial charge in [-0.15, -0.1) is 10.2 Å². The number of benzene rings is 2. The summed E-state index contributed by atoms with van der Waals surface area (Å²) in [5.74, 6) is -1.31. The third-order valence-corrected chi connectivity index (χ3v) is 4.66. The number of carbonyl (C=O) groups is 2. The number of rotatable bonds is 5. The van der Waals surface area contributed by atoms with E-state index in [0.29, 0.717) is 10.1 Å². The molecule has 138 valence electrons. The zero-order valence-corrected chi connectivity index (χ0v) is 15.5. The Balaban J connectivity index is 1.61. The number of anilines is 1. The molecule has 2 amide bonds. The Morgan fingerprint density at radius 3 is 2.56 bits per heavy atom. The highest BCUT2D eigenvalue weighted by molar-refractivity contribution is 7.18. The van der Waals surface area contributed by atoms with Gasteiger partial charge in [-0.1, -0.05) is 35.1 Å². The molecule has 2 aromatic carbocycles. The number of nitrogens with zero attached hydrogens (tertiary/aromatic N) is 2. The van der Waals surface area contributed by atoms with Crippen LogP contribution >= 0.6 is 11.3 Å². The minimum absolute atomic E-state index is 0.272. The van der Waals surface area contributed by atoms with E-state index in [9.17, 15) is 14.0 Å². The summed E-state index contributed by atoms with van der Waals surface area (Å²) in [4.78, 5) is 24.4. The molecule has 2 N–H and O–H groups in total. The molecule has 0 aliphatic heterocycles. The van der Waals surface area contributed by atoms with Crippen LogP contribution in [0.2, 0.25) is 0 Å². The average Bonchev–Trinajstić information content (AvgIpc) is 3.10. The van der Waals surface area contributed by atoms with Crippen molar-refractivity contribution in [3.8, 4) is 10.6 Å². The van der Waals surface area contributed by atoms with Crippen LogP contribution in [0.5, 0.6) is 0 Å². The molecule has 0 fully saturated rings. The first-order valence-corrected chi connectivity index (χ1v) is 9.02. The van der Waals surface area contributed by atoms with Crippen molar-refractivity contribution < 1.29 is 14.0 Å². The van der Waals surface area contributed by atoms with E-state index in [1.54, 1.807) is 6.92 Å². The maximum atomic E-state index is 12.9. The summed E-state index contributed by atoms with van der Waals surface area (Å²) < 4.78 is 12.9. The third kappa shape index (κ3) is 4.73. The Kier molecular flexibility index (Phi) is 5.56. The predicted octanol–water partition coefficient (Wildman–Crippen LogP) is 3.41. The van der Waals surface area contributed by atoms with Gasteiger partial charge in [-0.2, -0.15) is 0 Å². The lowest BCUT2D eigenvalue weighted by Gasteiger charge is -2.12. The van der Waals surface area contributed by atoms with Crippen LogP contribution in [0.15, 0.2) is 48.5 Å². The van der Waals surface area contributed by atoms with Crippen LogP contribution in [-0.2, 0) is 4.79 Å². The fourth-order valence-corrected chi connectivity index (χ4v) is 3.07. The average molecular weight is 384 g/mol. The zero-order chi connectivity index (χ0) is 19.4. The van der Waals surface area contributed by atoms with Gasteiger partial charge < -0.3 is 5.32 Å². The van der Waals surface area contributed by atoms with Crippen molar-refractivity contribution in [2.45, 2.75) is 19.9 Å². The minimum Gasteiger partial charge on any atom is -0.341 e. The topological polar surface area (TPSA) is 84.0 Å². The molecular weight excluding hydrogens is 367 g/mol. The lowest BCUT2D eigenvalue weighted by atomic mass is 10.1. The normalized spacial score (nSPS) is 11.7. The van der Waals surface area contributed by atoms with E-state index < -0.39 is 23.7 Å². The number of halogens is 1. The maximum Gasteiger partial charge on any atom is 0.251 e. The maximum absolute atomic E-state index is 12.9.